The third-order valence-corrected chi connectivity index (χ3v) is 3.20. The first-order valence-electron chi connectivity index (χ1n) is 6.28. The molecule has 1 fully saturated rings. The van der Waals surface area contributed by atoms with E-state index in [4.69, 9.17) is 11.2 Å². The summed E-state index contributed by atoms with van der Waals surface area (Å²) in [5.74, 6) is 1.61. The molecule has 2 atom stereocenters. The van der Waals surface area contributed by atoms with Crippen LogP contribution in [0.2, 0.25) is 0 Å². The Balaban J connectivity index is 2.91. The topological polar surface area (TPSA) is 66.8 Å². The first-order chi connectivity index (χ1) is 8.59. The molecule has 19 heavy (non-hydrogen) atoms. The van der Waals surface area contributed by atoms with Gasteiger partial charge in [-0.2, -0.15) is 0 Å². The molecule has 106 valence electrons. The highest BCUT2D eigenvalue weighted by Crippen LogP contribution is 2.33. The average Bonchev–Trinajstić information content (AvgIpc) is 2.26. The fourth-order valence-electron chi connectivity index (χ4n) is 2.04. The Bertz CT molecular complexity index is 418. The predicted molar refractivity (Wildman–Crippen MR) is 70.5 cm³/mol. The van der Waals surface area contributed by atoms with Crippen molar-refractivity contribution in [2.24, 2.45) is 5.41 Å². The Morgan fingerprint density at radius 2 is 2.05 bits per heavy atom. The van der Waals surface area contributed by atoms with Gasteiger partial charge in [-0.25, -0.2) is 4.79 Å². The number of likely N-dealkylation sites (tertiary alicyclic amines) is 1. The highest BCUT2D eigenvalue weighted by Gasteiger charge is 2.44. The van der Waals surface area contributed by atoms with Crippen LogP contribution in [0.5, 0.6) is 0 Å². The van der Waals surface area contributed by atoms with Gasteiger partial charge in [-0.15, -0.1) is 6.42 Å². The minimum absolute atomic E-state index is 0.0755. The second-order valence-electron chi connectivity index (χ2n) is 6.20. The van der Waals surface area contributed by atoms with E-state index in [-0.39, 0.29) is 6.54 Å². The van der Waals surface area contributed by atoms with E-state index < -0.39 is 29.1 Å². The lowest BCUT2D eigenvalue weighted by atomic mass is 9.79. The van der Waals surface area contributed by atoms with Gasteiger partial charge in [-0.1, -0.05) is 5.92 Å². The molecule has 0 unspecified atom stereocenters. The van der Waals surface area contributed by atoms with Gasteiger partial charge in [0, 0.05) is 6.54 Å². The van der Waals surface area contributed by atoms with Crippen LogP contribution >= 0.6 is 0 Å². The van der Waals surface area contributed by atoms with Gasteiger partial charge in [-0.05, 0) is 40.5 Å². The number of hydrogen-bond acceptors (Lipinski definition) is 3. The van der Waals surface area contributed by atoms with Crippen molar-refractivity contribution < 1.29 is 19.4 Å². The fraction of sp³-hybridized carbons (Fsp3) is 0.714. The predicted octanol–water partition coefficient (Wildman–Crippen LogP) is 2.11. The Hall–Kier alpha value is -1.70. The molecule has 0 aromatic heterocycles. The van der Waals surface area contributed by atoms with Crippen molar-refractivity contribution in [3.8, 4) is 12.3 Å². The molecule has 0 saturated carbocycles. The van der Waals surface area contributed by atoms with Crippen LogP contribution in [0.3, 0.4) is 0 Å². The second kappa shape index (κ2) is 5.12. The summed E-state index contributed by atoms with van der Waals surface area (Å²) in [7, 11) is 0. The number of hydrogen-bond donors (Lipinski definition) is 1. The van der Waals surface area contributed by atoms with Crippen molar-refractivity contribution in [2.45, 2.75) is 52.2 Å². The van der Waals surface area contributed by atoms with Crippen molar-refractivity contribution in [3.63, 3.8) is 0 Å². The molecule has 0 aliphatic carbocycles. The number of amides is 1. The summed E-state index contributed by atoms with van der Waals surface area (Å²) in [5.41, 5.74) is -1.60. The molecule has 5 nitrogen and oxygen atoms in total. The second-order valence-corrected chi connectivity index (χ2v) is 6.20. The minimum Gasteiger partial charge on any atom is -0.481 e. The first kappa shape index (κ1) is 15.4. The number of rotatable bonds is 1. The number of carbonyl (C=O) groups excluding carboxylic acids is 1. The molecule has 0 aromatic carbocycles. The summed E-state index contributed by atoms with van der Waals surface area (Å²) in [6.45, 7) is 6.98. The molecular formula is C14H21NO4. The van der Waals surface area contributed by atoms with Gasteiger partial charge in [0.2, 0.25) is 0 Å². The summed E-state index contributed by atoms with van der Waals surface area (Å²) in [6, 6.07) is -0.401. The maximum absolute atomic E-state index is 12.1. The number of ether oxygens (including phenoxy) is 1. The highest BCUT2D eigenvalue weighted by atomic mass is 16.6. The van der Waals surface area contributed by atoms with Gasteiger partial charge in [0.15, 0.2) is 0 Å². The number of piperidine rings is 1. The number of terminal acetylenes is 1. The van der Waals surface area contributed by atoms with Crippen LogP contribution < -0.4 is 0 Å². The van der Waals surface area contributed by atoms with E-state index >= 15 is 0 Å². The lowest BCUT2D eigenvalue weighted by molar-refractivity contribution is -0.151. The highest BCUT2D eigenvalue weighted by molar-refractivity contribution is 5.77. The Labute approximate surface area is 113 Å². The molecule has 5 heteroatoms. The molecule has 1 N–H and O–H groups in total. The average molecular weight is 267 g/mol. The lowest BCUT2D eigenvalue weighted by Gasteiger charge is -2.41. The molecule has 1 heterocycles. The number of carbonyl (C=O) groups is 2. The van der Waals surface area contributed by atoms with Crippen LogP contribution in [0, 0.1) is 17.8 Å². The molecule has 0 aromatic rings. The van der Waals surface area contributed by atoms with E-state index in [2.05, 4.69) is 5.92 Å². The smallest absolute Gasteiger partial charge is 0.411 e. The normalized spacial score (nSPS) is 27.5. The number of carboxylic acids is 1. The largest absolute Gasteiger partial charge is 0.481 e. The zero-order valence-electron chi connectivity index (χ0n) is 11.9. The minimum atomic E-state index is -0.968. The fourth-order valence-corrected chi connectivity index (χ4v) is 2.04. The van der Waals surface area contributed by atoms with E-state index in [0.717, 1.165) is 0 Å². The molecule has 0 bridgehead atoms. The van der Waals surface area contributed by atoms with E-state index in [1.54, 1.807) is 27.7 Å². The molecule has 0 radical (unpaired) electrons. The van der Waals surface area contributed by atoms with Crippen LogP contribution in [0.4, 0.5) is 4.79 Å². The summed E-state index contributed by atoms with van der Waals surface area (Å²) < 4.78 is 5.28. The monoisotopic (exact) mass is 267 g/mol. The third kappa shape index (κ3) is 3.63. The van der Waals surface area contributed by atoms with Crippen LogP contribution in [-0.4, -0.2) is 40.3 Å². The summed E-state index contributed by atoms with van der Waals surface area (Å²) in [5, 5.41) is 9.26. The third-order valence-electron chi connectivity index (χ3n) is 3.20. The molecule has 0 spiro atoms. The molecular weight excluding hydrogens is 246 g/mol. The van der Waals surface area contributed by atoms with Gasteiger partial charge < -0.3 is 9.84 Å². The number of nitrogens with zero attached hydrogens (tertiary/aromatic N) is 1. The van der Waals surface area contributed by atoms with Crippen LogP contribution in [-0.2, 0) is 9.53 Å². The van der Waals surface area contributed by atoms with Crippen molar-refractivity contribution >= 4 is 12.1 Å². The first-order valence-corrected chi connectivity index (χ1v) is 6.28. The van der Waals surface area contributed by atoms with E-state index in [1.807, 2.05) is 0 Å². The van der Waals surface area contributed by atoms with Crippen LogP contribution in [0.15, 0.2) is 0 Å². The van der Waals surface area contributed by atoms with Gasteiger partial charge in [0.1, 0.15) is 5.60 Å². The van der Waals surface area contributed by atoms with E-state index in [9.17, 15) is 14.7 Å². The quantitative estimate of drug-likeness (QED) is 0.739. The standard InChI is InChI=1S/C14H21NO4/c1-6-10-7-8-14(5,11(16)17)9-15(10)12(18)19-13(2,3)4/h1,10H,7-9H2,2-5H3,(H,16,17)/t10-,14-/m0/s1. The molecule has 1 rings (SSSR count). The molecule has 1 aliphatic rings. The van der Waals surface area contributed by atoms with E-state index in [1.165, 1.54) is 4.90 Å². The van der Waals surface area contributed by atoms with Crippen LogP contribution in [0.25, 0.3) is 0 Å². The Morgan fingerprint density at radius 1 is 1.47 bits per heavy atom. The molecule has 1 saturated heterocycles. The van der Waals surface area contributed by atoms with Gasteiger partial charge in [0.05, 0.1) is 11.5 Å². The van der Waals surface area contributed by atoms with Crippen molar-refractivity contribution in [3.05, 3.63) is 0 Å². The molecule has 1 aliphatic heterocycles. The van der Waals surface area contributed by atoms with Crippen LogP contribution in [0.1, 0.15) is 40.5 Å². The van der Waals surface area contributed by atoms with Crippen molar-refractivity contribution in [1.82, 2.24) is 4.90 Å². The maximum atomic E-state index is 12.1. The SMILES string of the molecule is C#C[C@H]1CC[C@](C)(C(=O)O)CN1C(=O)OC(C)(C)C. The zero-order valence-corrected chi connectivity index (χ0v) is 11.9. The molecule has 1 amide bonds. The summed E-state index contributed by atoms with van der Waals surface area (Å²) in [4.78, 5) is 24.8. The lowest BCUT2D eigenvalue weighted by Crippen LogP contribution is -2.53. The van der Waals surface area contributed by atoms with Gasteiger partial charge in [-0.3, -0.25) is 9.69 Å². The Morgan fingerprint density at radius 3 is 2.47 bits per heavy atom. The van der Waals surface area contributed by atoms with Gasteiger partial charge >= 0.3 is 12.1 Å². The van der Waals surface area contributed by atoms with Crippen molar-refractivity contribution in [2.75, 3.05) is 6.54 Å². The van der Waals surface area contributed by atoms with Gasteiger partial charge in [0.25, 0.3) is 0 Å². The zero-order chi connectivity index (χ0) is 14.8. The van der Waals surface area contributed by atoms with E-state index in [0.29, 0.717) is 12.8 Å². The van der Waals surface area contributed by atoms with Crippen molar-refractivity contribution in [1.29, 1.82) is 0 Å². The number of carboxylic acid groups (broad SMARTS) is 1. The maximum Gasteiger partial charge on any atom is 0.411 e. The number of aliphatic carboxylic acids is 1. The summed E-state index contributed by atoms with van der Waals surface area (Å²) in [6.07, 6.45) is 5.79. The Kier molecular flexibility index (Phi) is 4.14. The summed E-state index contributed by atoms with van der Waals surface area (Å²) >= 11 is 0.